The predicted molar refractivity (Wildman–Crippen MR) is 117 cm³/mol. The van der Waals surface area contributed by atoms with Crippen molar-refractivity contribution in [2.45, 2.75) is 6.54 Å². The molecular formula is C24H19N3O4. The highest BCUT2D eigenvalue weighted by Crippen LogP contribution is 2.27. The van der Waals surface area contributed by atoms with Gasteiger partial charge in [0.25, 0.3) is 11.8 Å². The van der Waals surface area contributed by atoms with Crippen molar-refractivity contribution < 1.29 is 19.8 Å². The van der Waals surface area contributed by atoms with E-state index in [4.69, 9.17) is 0 Å². The standard InChI is InChI=1S/C24H19N3O4/c28-21-6-4-17(12-22(21)29)13-26-14-20-19-11-16(2-1-15-7-9-25-10-8-15)3-5-18(19)23(30)27-24(20)31/h1-12,14,26,28-29H,13H2,(H,27,30,31)/b2-1+,20-14+. The highest BCUT2D eigenvalue weighted by Gasteiger charge is 2.27. The second kappa shape index (κ2) is 8.54. The van der Waals surface area contributed by atoms with Crippen LogP contribution in [0.4, 0.5) is 0 Å². The first-order chi connectivity index (χ1) is 15.0. The van der Waals surface area contributed by atoms with Gasteiger partial charge in [0, 0.05) is 36.3 Å². The monoisotopic (exact) mass is 413 g/mol. The fraction of sp³-hybridized carbons (Fsp3) is 0.0417. The highest BCUT2D eigenvalue weighted by molar-refractivity contribution is 6.31. The van der Waals surface area contributed by atoms with Crippen molar-refractivity contribution in [3.8, 4) is 11.5 Å². The molecule has 1 aliphatic heterocycles. The van der Waals surface area contributed by atoms with E-state index in [1.54, 1.807) is 36.8 Å². The summed E-state index contributed by atoms with van der Waals surface area (Å²) >= 11 is 0. The summed E-state index contributed by atoms with van der Waals surface area (Å²) < 4.78 is 0. The Morgan fingerprint density at radius 2 is 1.61 bits per heavy atom. The average Bonchev–Trinajstić information content (AvgIpc) is 2.77. The van der Waals surface area contributed by atoms with E-state index in [-0.39, 0.29) is 11.5 Å². The molecule has 0 bridgehead atoms. The number of amides is 2. The van der Waals surface area contributed by atoms with E-state index in [2.05, 4.69) is 15.6 Å². The molecule has 4 N–H and O–H groups in total. The minimum absolute atomic E-state index is 0.200. The molecule has 3 aromatic rings. The topological polar surface area (TPSA) is 112 Å². The number of nitrogens with zero attached hydrogens (tertiary/aromatic N) is 1. The van der Waals surface area contributed by atoms with Crippen LogP contribution >= 0.6 is 0 Å². The van der Waals surface area contributed by atoms with Crippen molar-refractivity contribution in [1.82, 2.24) is 15.6 Å². The number of phenols is 2. The number of hydrogen-bond acceptors (Lipinski definition) is 6. The number of imide groups is 1. The number of benzene rings is 2. The van der Waals surface area contributed by atoms with Gasteiger partial charge in [-0.1, -0.05) is 24.3 Å². The highest BCUT2D eigenvalue weighted by atomic mass is 16.3. The van der Waals surface area contributed by atoms with Gasteiger partial charge in [0.1, 0.15) is 0 Å². The second-order valence-corrected chi connectivity index (χ2v) is 6.96. The van der Waals surface area contributed by atoms with Crippen LogP contribution in [-0.4, -0.2) is 27.0 Å². The summed E-state index contributed by atoms with van der Waals surface area (Å²) in [6.45, 7) is 0.315. The van der Waals surface area contributed by atoms with Crippen molar-refractivity contribution in [1.29, 1.82) is 0 Å². The molecule has 0 fully saturated rings. The zero-order valence-electron chi connectivity index (χ0n) is 16.4. The number of phenolic OH excluding ortho intramolecular Hbond substituents is 2. The first-order valence-corrected chi connectivity index (χ1v) is 9.54. The van der Waals surface area contributed by atoms with Crippen LogP contribution in [0.15, 0.2) is 67.1 Å². The third-order valence-electron chi connectivity index (χ3n) is 4.82. The molecule has 0 saturated carbocycles. The lowest BCUT2D eigenvalue weighted by Gasteiger charge is -2.19. The smallest absolute Gasteiger partial charge is 0.260 e. The molecule has 4 rings (SSSR count). The quantitative estimate of drug-likeness (QED) is 0.291. The van der Waals surface area contributed by atoms with Gasteiger partial charge >= 0.3 is 0 Å². The summed E-state index contributed by atoms with van der Waals surface area (Å²) in [5.74, 6) is -1.35. The molecule has 7 heteroatoms. The van der Waals surface area contributed by atoms with Gasteiger partial charge in [-0.05, 0) is 53.1 Å². The Morgan fingerprint density at radius 3 is 2.39 bits per heavy atom. The molecule has 0 unspecified atom stereocenters. The van der Waals surface area contributed by atoms with Gasteiger partial charge in [-0.25, -0.2) is 0 Å². The molecule has 2 amide bonds. The Hall–Kier alpha value is -4.39. The molecule has 2 heterocycles. The van der Waals surface area contributed by atoms with E-state index >= 15 is 0 Å². The average molecular weight is 413 g/mol. The molecule has 31 heavy (non-hydrogen) atoms. The number of pyridine rings is 1. The number of rotatable bonds is 5. The summed E-state index contributed by atoms with van der Waals surface area (Å²) in [6, 6.07) is 13.5. The molecule has 0 atom stereocenters. The lowest BCUT2D eigenvalue weighted by molar-refractivity contribution is -0.114. The van der Waals surface area contributed by atoms with E-state index < -0.39 is 11.8 Å². The van der Waals surface area contributed by atoms with Gasteiger partial charge in [0.15, 0.2) is 11.5 Å². The van der Waals surface area contributed by atoms with Gasteiger partial charge in [-0.15, -0.1) is 0 Å². The van der Waals surface area contributed by atoms with Gasteiger partial charge < -0.3 is 15.5 Å². The maximum Gasteiger partial charge on any atom is 0.260 e. The van der Waals surface area contributed by atoms with Crippen LogP contribution in [-0.2, 0) is 11.3 Å². The summed E-state index contributed by atoms with van der Waals surface area (Å²) in [5, 5.41) is 24.4. The number of aromatic nitrogens is 1. The minimum atomic E-state index is -0.492. The SMILES string of the molecule is O=C1NC(=O)c2ccc(/C=C/c3ccncc3)cc2/C1=C\NCc1ccc(O)c(O)c1. The Labute approximate surface area is 178 Å². The van der Waals surface area contributed by atoms with Gasteiger partial charge in [-0.2, -0.15) is 0 Å². The van der Waals surface area contributed by atoms with Gasteiger partial charge in [0.2, 0.25) is 0 Å². The van der Waals surface area contributed by atoms with Crippen molar-refractivity contribution in [2.75, 3.05) is 0 Å². The zero-order valence-corrected chi connectivity index (χ0v) is 16.4. The minimum Gasteiger partial charge on any atom is -0.504 e. The Bertz CT molecular complexity index is 1220. The Balaban J connectivity index is 1.60. The number of carbonyl (C=O) groups excluding carboxylic acids is 2. The largest absolute Gasteiger partial charge is 0.504 e. The fourth-order valence-corrected chi connectivity index (χ4v) is 3.21. The number of carbonyl (C=O) groups is 2. The molecular weight excluding hydrogens is 394 g/mol. The molecule has 1 aliphatic rings. The van der Waals surface area contributed by atoms with Crippen LogP contribution in [0.25, 0.3) is 17.7 Å². The molecule has 154 valence electrons. The van der Waals surface area contributed by atoms with E-state index in [0.717, 1.165) is 11.1 Å². The molecule has 0 saturated heterocycles. The molecule has 2 aromatic carbocycles. The molecule has 1 aromatic heterocycles. The number of nitrogens with one attached hydrogen (secondary N) is 2. The van der Waals surface area contributed by atoms with Crippen LogP contribution < -0.4 is 10.6 Å². The Kier molecular flexibility index (Phi) is 5.49. The Morgan fingerprint density at radius 1 is 0.839 bits per heavy atom. The van der Waals surface area contributed by atoms with E-state index in [1.807, 2.05) is 30.4 Å². The number of hydrogen-bond donors (Lipinski definition) is 4. The fourth-order valence-electron chi connectivity index (χ4n) is 3.21. The van der Waals surface area contributed by atoms with Crippen LogP contribution in [0.1, 0.15) is 32.6 Å². The van der Waals surface area contributed by atoms with E-state index in [1.165, 1.54) is 12.1 Å². The van der Waals surface area contributed by atoms with Crippen LogP contribution in [0, 0.1) is 0 Å². The first kappa shape index (κ1) is 19.9. The molecule has 0 aliphatic carbocycles. The summed E-state index contributed by atoms with van der Waals surface area (Å²) in [6.07, 6.45) is 8.77. The summed E-state index contributed by atoms with van der Waals surface area (Å²) in [4.78, 5) is 28.7. The lowest BCUT2D eigenvalue weighted by atomic mass is 9.93. The van der Waals surface area contributed by atoms with E-state index in [9.17, 15) is 19.8 Å². The second-order valence-electron chi connectivity index (χ2n) is 6.96. The first-order valence-electron chi connectivity index (χ1n) is 9.54. The van der Waals surface area contributed by atoms with Crippen molar-refractivity contribution in [2.24, 2.45) is 0 Å². The normalized spacial score (nSPS) is 14.5. The van der Waals surface area contributed by atoms with Crippen LogP contribution in [0.3, 0.4) is 0 Å². The summed E-state index contributed by atoms with van der Waals surface area (Å²) in [5.41, 5.74) is 3.82. The zero-order chi connectivity index (χ0) is 21.8. The van der Waals surface area contributed by atoms with Gasteiger partial charge in [0.05, 0.1) is 5.57 Å². The van der Waals surface area contributed by atoms with Crippen LogP contribution in [0.5, 0.6) is 11.5 Å². The predicted octanol–water partition coefficient (Wildman–Crippen LogP) is 3.06. The summed E-state index contributed by atoms with van der Waals surface area (Å²) in [7, 11) is 0. The third-order valence-corrected chi connectivity index (χ3v) is 4.82. The van der Waals surface area contributed by atoms with Crippen molar-refractivity contribution in [3.05, 3.63) is 94.9 Å². The molecule has 0 radical (unpaired) electrons. The number of aromatic hydroxyl groups is 2. The van der Waals surface area contributed by atoms with Crippen molar-refractivity contribution in [3.63, 3.8) is 0 Å². The molecule has 0 spiro atoms. The van der Waals surface area contributed by atoms with Crippen molar-refractivity contribution >= 4 is 29.5 Å². The van der Waals surface area contributed by atoms with Gasteiger partial charge in [-0.3, -0.25) is 19.9 Å². The lowest BCUT2D eigenvalue weighted by Crippen LogP contribution is -2.37. The van der Waals surface area contributed by atoms with E-state index in [0.29, 0.717) is 28.8 Å². The third kappa shape index (κ3) is 4.45. The molecule has 7 nitrogen and oxygen atoms in total. The number of fused-ring (bicyclic) bond motifs is 1. The maximum atomic E-state index is 12.5. The maximum absolute atomic E-state index is 12.5. The van der Waals surface area contributed by atoms with Crippen LogP contribution in [0.2, 0.25) is 0 Å².